The number of oxazole rings is 4. The van der Waals surface area contributed by atoms with E-state index in [0.717, 1.165) is 5.69 Å². The van der Waals surface area contributed by atoms with Gasteiger partial charge in [-0.2, -0.15) is 0 Å². The Morgan fingerprint density at radius 3 is 2.03 bits per heavy atom. The highest BCUT2D eigenvalue weighted by Gasteiger charge is 2.17. The molecule has 0 saturated carbocycles. The van der Waals surface area contributed by atoms with Crippen LogP contribution in [0.4, 0.5) is 0 Å². The van der Waals surface area contributed by atoms with Gasteiger partial charge in [-0.3, -0.25) is 0 Å². The third kappa shape index (κ3) is 3.51. The zero-order valence-corrected chi connectivity index (χ0v) is 15.6. The fourth-order valence-electron chi connectivity index (χ4n) is 2.80. The Morgan fingerprint density at radius 2 is 1.37 bits per heavy atom. The van der Waals surface area contributed by atoms with Crippen molar-refractivity contribution in [1.29, 1.82) is 0 Å². The third-order valence-electron chi connectivity index (χ3n) is 4.21. The van der Waals surface area contributed by atoms with Gasteiger partial charge in [-0.25, -0.2) is 24.9 Å². The van der Waals surface area contributed by atoms with Gasteiger partial charge in [0.15, 0.2) is 11.4 Å². The van der Waals surface area contributed by atoms with E-state index in [1.54, 1.807) is 24.5 Å². The smallest absolute Gasteiger partial charge is 0.248 e. The molecule has 0 aliphatic heterocycles. The highest BCUT2D eigenvalue weighted by Crippen LogP contribution is 2.27. The van der Waals surface area contributed by atoms with Crippen molar-refractivity contribution in [1.82, 2.24) is 24.9 Å². The summed E-state index contributed by atoms with van der Waals surface area (Å²) in [4.78, 5) is 21.7. The van der Waals surface area contributed by atoms with Gasteiger partial charge < -0.3 is 22.8 Å². The van der Waals surface area contributed by atoms with Gasteiger partial charge in [0.2, 0.25) is 23.6 Å². The van der Waals surface area contributed by atoms with Gasteiger partial charge in [0.25, 0.3) is 0 Å². The van der Waals surface area contributed by atoms with Crippen molar-refractivity contribution < 1.29 is 22.8 Å². The fourth-order valence-corrected chi connectivity index (χ4v) is 2.80. The Balaban J connectivity index is 1.39. The predicted octanol–water partition coefficient (Wildman–Crippen LogP) is 3.63. The number of pyridine rings is 1. The van der Waals surface area contributed by atoms with Crippen LogP contribution in [0.2, 0.25) is 0 Å². The predicted molar refractivity (Wildman–Crippen MR) is 102 cm³/mol. The molecule has 5 rings (SSSR count). The number of aliphatic hydroxyl groups excluding tert-OH is 1. The number of nitrogens with zero attached hydrogens (tertiary/aromatic N) is 5. The van der Waals surface area contributed by atoms with E-state index >= 15 is 0 Å². The van der Waals surface area contributed by atoms with Crippen LogP contribution in [0.3, 0.4) is 0 Å². The molecule has 0 fully saturated rings. The molecule has 0 atom stereocenters. The molecule has 0 unspecified atom stereocenters. The zero-order valence-electron chi connectivity index (χ0n) is 15.6. The van der Waals surface area contributed by atoms with Crippen LogP contribution in [0, 0.1) is 0 Å². The summed E-state index contributed by atoms with van der Waals surface area (Å²) in [7, 11) is 0. The van der Waals surface area contributed by atoms with Crippen LogP contribution in [0.1, 0.15) is 12.1 Å². The molecule has 0 bridgehead atoms. The Bertz CT molecular complexity index is 1250. The van der Waals surface area contributed by atoms with Crippen LogP contribution in [0.15, 0.2) is 67.1 Å². The summed E-state index contributed by atoms with van der Waals surface area (Å²) in [6.45, 7) is 0.0996. The lowest BCUT2D eigenvalue weighted by atomic mass is 10.3. The van der Waals surface area contributed by atoms with Crippen molar-refractivity contribution in [3.63, 3.8) is 0 Å². The first kappa shape index (κ1) is 18.0. The average molecular weight is 405 g/mol. The molecule has 0 radical (unpaired) electrons. The Hall–Kier alpha value is -4.05. The SMILES string of the molecule is OCCCc1coc(-c2coc(-c3cccc(-c4nc(-c5ncco5)co4)n3)n2)n1. The number of aryl methyl sites for hydroxylation is 1. The number of aliphatic hydroxyl groups is 1. The van der Waals surface area contributed by atoms with E-state index in [9.17, 15) is 0 Å². The molecule has 0 aliphatic rings. The standard InChI is InChI=1S/C20H15N5O5/c26-7-2-3-12-9-28-20(22-12)16-11-30-19(25-16)14-5-1-4-13(23-14)18-24-15(10-29-18)17-21-6-8-27-17/h1,4-6,8-11,26H,2-3,7H2. The topological polar surface area (TPSA) is 137 Å². The lowest BCUT2D eigenvalue weighted by Crippen LogP contribution is -1.90. The average Bonchev–Trinajstić information content (AvgIpc) is 3.57. The lowest BCUT2D eigenvalue weighted by Gasteiger charge is -1.97. The van der Waals surface area contributed by atoms with E-state index in [2.05, 4.69) is 24.9 Å². The molecule has 0 spiro atoms. The van der Waals surface area contributed by atoms with E-state index in [1.807, 2.05) is 0 Å². The maximum Gasteiger partial charge on any atom is 0.248 e. The van der Waals surface area contributed by atoms with Crippen LogP contribution >= 0.6 is 0 Å². The second kappa shape index (κ2) is 7.76. The van der Waals surface area contributed by atoms with Crippen LogP contribution in [-0.4, -0.2) is 36.6 Å². The molecule has 0 saturated heterocycles. The molecule has 0 aromatic carbocycles. The molecular weight excluding hydrogens is 390 g/mol. The second-order valence-electron chi connectivity index (χ2n) is 6.29. The molecule has 150 valence electrons. The minimum Gasteiger partial charge on any atom is -0.443 e. The van der Waals surface area contributed by atoms with E-state index in [4.69, 9.17) is 22.8 Å². The number of hydrogen-bond acceptors (Lipinski definition) is 10. The van der Waals surface area contributed by atoms with Gasteiger partial charge >= 0.3 is 0 Å². The van der Waals surface area contributed by atoms with Crippen LogP contribution in [-0.2, 0) is 6.42 Å². The van der Waals surface area contributed by atoms with E-state index in [0.29, 0.717) is 59.2 Å². The van der Waals surface area contributed by atoms with Crippen molar-refractivity contribution in [2.75, 3.05) is 6.61 Å². The molecule has 0 amide bonds. The third-order valence-corrected chi connectivity index (χ3v) is 4.21. The molecule has 0 aliphatic carbocycles. The van der Waals surface area contributed by atoms with Crippen LogP contribution in [0.5, 0.6) is 0 Å². The van der Waals surface area contributed by atoms with Crippen molar-refractivity contribution in [2.45, 2.75) is 12.8 Å². The van der Waals surface area contributed by atoms with Gasteiger partial charge in [-0.05, 0) is 25.0 Å². The van der Waals surface area contributed by atoms with Crippen molar-refractivity contribution in [2.24, 2.45) is 0 Å². The Morgan fingerprint density at radius 1 is 0.700 bits per heavy atom. The molecule has 5 heterocycles. The van der Waals surface area contributed by atoms with Gasteiger partial charge in [0.1, 0.15) is 36.4 Å². The number of aromatic nitrogens is 5. The second-order valence-corrected chi connectivity index (χ2v) is 6.29. The first-order valence-electron chi connectivity index (χ1n) is 9.14. The maximum atomic E-state index is 8.92. The van der Waals surface area contributed by atoms with Crippen molar-refractivity contribution >= 4 is 0 Å². The van der Waals surface area contributed by atoms with E-state index in [-0.39, 0.29) is 6.61 Å². The summed E-state index contributed by atoms with van der Waals surface area (Å²) in [5.41, 5.74) is 2.68. The van der Waals surface area contributed by atoms with Crippen LogP contribution in [0.25, 0.3) is 46.3 Å². The highest BCUT2D eigenvalue weighted by molar-refractivity contribution is 5.59. The molecule has 10 nitrogen and oxygen atoms in total. The van der Waals surface area contributed by atoms with Crippen molar-refractivity contribution in [3.05, 3.63) is 55.1 Å². The summed E-state index contributed by atoms with van der Waals surface area (Å²) < 4.78 is 21.7. The summed E-state index contributed by atoms with van der Waals surface area (Å²) in [6, 6.07) is 5.33. The van der Waals surface area contributed by atoms with Gasteiger partial charge in [-0.1, -0.05) is 6.07 Å². The van der Waals surface area contributed by atoms with Gasteiger partial charge in [0.05, 0.1) is 11.9 Å². The Labute approximate surface area is 169 Å². The normalized spacial score (nSPS) is 11.2. The van der Waals surface area contributed by atoms with E-state index < -0.39 is 0 Å². The molecule has 30 heavy (non-hydrogen) atoms. The van der Waals surface area contributed by atoms with Gasteiger partial charge in [-0.15, -0.1) is 0 Å². The molecule has 1 N–H and O–H groups in total. The van der Waals surface area contributed by atoms with Crippen molar-refractivity contribution in [3.8, 4) is 46.3 Å². The molecule has 5 aromatic heterocycles. The van der Waals surface area contributed by atoms with Crippen LogP contribution < -0.4 is 0 Å². The Kier molecular flexibility index (Phi) is 4.66. The summed E-state index contributed by atoms with van der Waals surface area (Å²) in [5, 5.41) is 8.92. The monoisotopic (exact) mass is 405 g/mol. The van der Waals surface area contributed by atoms with E-state index in [1.165, 1.54) is 25.0 Å². The minimum atomic E-state index is 0.0996. The fraction of sp³-hybridized carbons (Fsp3) is 0.150. The van der Waals surface area contributed by atoms with Gasteiger partial charge in [0, 0.05) is 6.61 Å². The molecule has 10 heteroatoms. The maximum absolute atomic E-state index is 8.92. The highest BCUT2D eigenvalue weighted by atomic mass is 16.4. The summed E-state index contributed by atoms with van der Waals surface area (Å²) >= 11 is 0. The largest absolute Gasteiger partial charge is 0.443 e. The minimum absolute atomic E-state index is 0.0996. The number of rotatable bonds is 7. The zero-order chi connectivity index (χ0) is 20.3. The molecular formula is C20H15N5O5. The first-order valence-corrected chi connectivity index (χ1v) is 9.14. The first-order chi connectivity index (χ1) is 14.8. The summed E-state index contributed by atoms with van der Waals surface area (Å²) in [6.07, 6.45) is 8.70. The quantitative estimate of drug-likeness (QED) is 0.427. The number of hydrogen-bond donors (Lipinski definition) is 1. The lowest BCUT2D eigenvalue weighted by molar-refractivity contribution is 0.288. The summed E-state index contributed by atoms with van der Waals surface area (Å²) in [5.74, 6) is 1.33. The molecule has 5 aromatic rings.